The predicted molar refractivity (Wildman–Crippen MR) is 79.8 cm³/mol. The highest BCUT2D eigenvalue weighted by Crippen LogP contribution is 2.19. The first kappa shape index (κ1) is 14.5. The van der Waals surface area contributed by atoms with Crippen LogP contribution in [0.25, 0.3) is 0 Å². The molecule has 1 aromatic heterocycles. The maximum Gasteiger partial charge on any atom is 0.251 e. The summed E-state index contributed by atoms with van der Waals surface area (Å²) in [6.07, 6.45) is 3.24. The molecule has 0 fully saturated rings. The molecule has 0 bridgehead atoms. The van der Waals surface area contributed by atoms with Crippen LogP contribution >= 0.6 is 11.6 Å². The Hall–Kier alpha value is -1.94. The summed E-state index contributed by atoms with van der Waals surface area (Å²) in [4.78, 5) is 12.0. The number of amides is 1. The highest BCUT2D eigenvalue weighted by molar-refractivity contribution is 6.33. The lowest BCUT2D eigenvalue weighted by Gasteiger charge is -2.13. The lowest BCUT2D eigenvalue weighted by Crippen LogP contribution is -2.32. The van der Waals surface area contributed by atoms with Crippen molar-refractivity contribution >= 4 is 23.2 Å². The number of hydrogen-bond donors (Lipinski definition) is 2. The van der Waals surface area contributed by atoms with Crippen molar-refractivity contribution in [1.29, 1.82) is 0 Å². The molecule has 1 amide bonds. The molecule has 0 aliphatic rings. The van der Waals surface area contributed by atoms with Crippen LogP contribution in [0.4, 0.5) is 5.69 Å². The molecule has 0 aliphatic heterocycles. The Bertz CT molecular complexity index is 582. The molecule has 5 heteroatoms. The number of rotatable bonds is 5. The number of anilines is 1. The minimum Gasteiger partial charge on any atom is -0.469 e. The van der Waals surface area contributed by atoms with Crippen molar-refractivity contribution in [2.45, 2.75) is 25.8 Å². The summed E-state index contributed by atoms with van der Waals surface area (Å²) in [5, 5.41) is 3.38. The summed E-state index contributed by atoms with van der Waals surface area (Å²) in [5.41, 5.74) is 6.60. The molecular formula is C15H17ClN2O2. The van der Waals surface area contributed by atoms with E-state index >= 15 is 0 Å². The smallest absolute Gasteiger partial charge is 0.251 e. The molecule has 0 saturated heterocycles. The number of nitrogen functional groups attached to an aromatic ring is 1. The number of aryl methyl sites for hydroxylation is 1. The van der Waals surface area contributed by atoms with E-state index in [0.717, 1.165) is 18.6 Å². The van der Waals surface area contributed by atoms with Gasteiger partial charge in [0.1, 0.15) is 5.76 Å². The third kappa shape index (κ3) is 3.78. The molecule has 20 heavy (non-hydrogen) atoms. The van der Waals surface area contributed by atoms with E-state index in [0.29, 0.717) is 16.3 Å². The van der Waals surface area contributed by atoms with Crippen LogP contribution in [0.2, 0.25) is 5.02 Å². The molecule has 1 unspecified atom stereocenters. The van der Waals surface area contributed by atoms with Crippen molar-refractivity contribution in [3.8, 4) is 0 Å². The van der Waals surface area contributed by atoms with Crippen molar-refractivity contribution in [1.82, 2.24) is 5.32 Å². The number of nitrogens with two attached hydrogens (primary N) is 1. The van der Waals surface area contributed by atoms with Crippen molar-refractivity contribution in [2.24, 2.45) is 0 Å². The van der Waals surface area contributed by atoms with Gasteiger partial charge >= 0.3 is 0 Å². The molecule has 0 radical (unpaired) electrons. The molecule has 106 valence electrons. The number of carbonyl (C=O) groups excluding carboxylic acids is 1. The van der Waals surface area contributed by atoms with E-state index in [2.05, 4.69) is 5.32 Å². The fourth-order valence-corrected chi connectivity index (χ4v) is 2.00. The third-order valence-corrected chi connectivity index (χ3v) is 3.38. The Kier molecular flexibility index (Phi) is 4.69. The van der Waals surface area contributed by atoms with Crippen molar-refractivity contribution < 1.29 is 9.21 Å². The van der Waals surface area contributed by atoms with Gasteiger partial charge in [0.25, 0.3) is 5.91 Å². The molecule has 2 rings (SSSR count). The summed E-state index contributed by atoms with van der Waals surface area (Å²) >= 11 is 5.83. The van der Waals surface area contributed by atoms with E-state index in [4.69, 9.17) is 21.8 Å². The Morgan fingerprint density at radius 3 is 2.90 bits per heavy atom. The molecule has 3 N–H and O–H groups in total. The van der Waals surface area contributed by atoms with E-state index in [1.54, 1.807) is 24.5 Å². The van der Waals surface area contributed by atoms with Crippen LogP contribution in [0.15, 0.2) is 41.0 Å². The van der Waals surface area contributed by atoms with Gasteiger partial charge in [-0.15, -0.1) is 0 Å². The van der Waals surface area contributed by atoms with Crippen molar-refractivity contribution in [3.05, 3.63) is 52.9 Å². The first-order valence-corrected chi connectivity index (χ1v) is 6.82. The van der Waals surface area contributed by atoms with Gasteiger partial charge in [-0.3, -0.25) is 4.79 Å². The predicted octanol–water partition coefficient (Wildman–Crippen LogP) is 3.27. The number of carbonyl (C=O) groups is 1. The maximum absolute atomic E-state index is 12.0. The van der Waals surface area contributed by atoms with Crippen LogP contribution in [0.1, 0.15) is 29.5 Å². The lowest BCUT2D eigenvalue weighted by atomic mass is 10.1. The van der Waals surface area contributed by atoms with Crippen LogP contribution in [0.5, 0.6) is 0 Å². The molecule has 0 spiro atoms. The zero-order valence-electron chi connectivity index (χ0n) is 11.2. The van der Waals surface area contributed by atoms with E-state index in [1.165, 1.54) is 0 Å². The Morgan fingerprint density at radius 2 is 2.25 bits per heavy atom. The maximum atomic E-state index is 12.0. The molecule has 0 saturated carbocycles. The van der Waals surface area contributed by atoms with E-state index in [1.807, 2.05) is 19.1 Å². The zero-order chi connectivity index (χ0) is 14.5. The first-order chi connectivity index (χ1) is 9.56. The summed E-state index contributed by atoms with van der Waals surface area (Å²) in [6, 6.07) is 8.69. The largest absolute Gasteiger partial charge is 0.469 e. The molecule has 1 aromatic carbocycles. The number of benzene rings is 1. The Morgan fingerprint density at radius 1 is 1.45 bits per heavy atom. The second-order valence-electron chi connectivity index (χ2n) is 4.73. The lowest BCUT2D eigenvalue weighted by molar-refractivity contribution is 0.0938. The van der Waals surface area contributed by atoms with Gasteiger partial charge in [-0.05, 0) is 43.7 Å². The fraction of sp³-hybridized carbons (Fsp3) is 0.267. The first-order valence-electron chi connectivity index (χ1n) is 6.44. The van der Waals surface area contributed by atoms with Gasteiger partial charge in [-0.2, -0.15) is 0 Å². The van der Waals surface area contributed by atoms with Gasteiger partial charge in [0.2, 0.25) is 0 Å². The second-order valence-corrected chi connectivity index (χ2v) is 5.14. The topological polar surface area (TPSA) is 68.3 Å². The highest BCUT2D eigenvalue weighted by Gasteiger charge is 2.11. The minimum absolute atomic E-state index is 0.0458. The zero-order valence-corrected chi connectivity index (χ0v) is 12.0. The van der Waals surface area contributed by atoms with Crippen LogP contribution in [-0.2, 0) is 6.42 Å². The van der Waals surface area contributed by atoms with E-state index < -0.39 is 0 Å². The van der Waals surface area contributed by atoms with Crippen LogP contribution in [0, 0.1) is 0 Å². The monoisotopic (exact) mass is 292 g/mol. The minimum atomic E-state index is -0.152. The van der Waals surface area contributed by atoms with Gasteiger partial charge in [0.05, 0.1) is 17.0 Å². The van der Waals surface area contributed by atoms with Crippen LogP contribution in [0.3, 0.4) is 0 Å². The SMILES string of the molecule is CC(CCc1ccco1)NC(=O)c1ccc(Cl)c(N)c1. The number of furan rings is 1. The van der Waals surface area contributed by atoms with Gasteiger partial charge in [-0.1, -0.05) is 11.6 Å². The summed E-state index contributed by atoms with van der Waals surface area (Å²) in [7, 11) is 0. The van der Waals surface area contributed by atoms with Crippen molar-refractivity contribution in [2.75, 3.05) is 5.73 Å². The van der Waals surface area contributed by atoms with Crippen LogP contribution in [-0.4, -0.2) is 11.9 Å². The summed E-state index contributed by atoms with van der Waals surface area (Å²) in [6.45, 7) is 1.96. The third-order valence-electron chi connectivity index (χ3n) is 3.04. The summed E-state index contributed by atoms with van der Waals surface area (Å²) in [5.74, 6) is 0.766. The van der Waals surface area contributed by atoms with Crippen molar-refractivity contribution in [3.63, 3.8) is 0 Å². The summed E-state index contributed by atoms with van der Waals surface area (Å²) < 4.78 is 5.26. The molecular weight excluding hydrogens is 276 g/mol. The number of halogens is 1. The van der Waals surface area contributed by atoms with Gasteiger partial charge in [0, 0.05) is 18.0 Å². The van der Waals surface area contributed by atoms with Gasteiger partial charge in [0.15, 0.2) is 0 Å². The van der Waals surface area contributed by atoms with Gasteiger partial charge in [-0.25, -0.2) is 0 Å². The Labute approximate surface area is 122 Å². The van der Waals surface area contributed by atoms with Gasteiger partial charge < -0.3 is 15.5 Å². The van der Waals surface area contributed by atoms with Crippen LogP contribution < -0.4 is 11.1 Å². The van der Waals surface area contributed by atoms with E-state index in [9.17, 15) is 4.79 Å². The quantitative estimate of drug-likeness (QED) is 0.831. The average Bonchev–Trinajstić information content (AvgIpc) is 2.92. The highest BCUT2D eigenvalue weighted by atomic mass is 35.5. The average molecular weight is 293 g/mol. The molecule has 1 atom stereocenters. The second kappa shape index (κ2) is 6.48. The molecule has 2 aromatic rings. The number of hydrogen-bond acceptors (Lipinski definition) is 3. The van der Waals surface area contributed by atoms with E-state index in [-0.39, 0.29) is 11.9 Å². The normalized spacial score (nSPS) is 12.1. The molecule has 4 nitrogen and oxygen atoms in total. The number of nitrogens with one attached hydrogen (secondary N) is 1. The standard InChI is InChI=1S/C15H17ClN2O2/c1-10(4-6-12-3-2-8-20-12)18-15(19)11-5-7-13(16)14(17)9-11/h2-3,5,7-10H,4,6,17H2,1H3,(H,18,19). The fourth-order valence-electron chi connectivity index (χ4n) is 1.88. The Balaban J connectivity index is 1.88. The molecule has 0 aliphatic carbocycles. The molecule has 1 heterocycles.